The molecule has 0 fully saturated rings. The van der Waals surface area contributed by atoms with E-state index in [0.29, 0.717) is 5.56 Å². The first-order valence-electron chi connectivity index (χ1n) is 10.2. The number of hydrogen-bond acceptors (Lipinski definition) is 8. The van der Waals surface area contributed by atoms with Gasteiger partial charge in [-0.1, -0.05) is 12.1 Å². The van der Waals surface area contributed by atoms with Crippen LogP contribution in [-0.2, 0) is 6.54 Å². The monoisotopic (exact) mass is 466 g/mol. The first-order chi connectivity index (χ1) is 16.3. The average molecular weight is 466 g/mol. The number of hydrogen-bond donors (Lipinski definition) is 2. The average Bonchev–Trinajstić information content (AvgIpc) is 3.27. The number of aryl methyl sites for hydroxylation is 1. The molecule has 174 valence electrons. The summed E-state index contributed by atoms with van der Waals surface area (Å²) < 4.78 is 19.3. The van der Waals surface area contributed by atoms with Gasteiger partial charge in [0.2, 0.25) is 11.6 Å². The van der Waals surface area contributed by atoms with Gasteiger partial charge < -0.3 is 19.7 Å². The number of aromatic hydroxyl groups is 1. The van der Waals surface area contributed by atoms with Crippen molar-refractivity contribution in [3.05, 3.63) is 81.8 Å². The van der Waals surface area contributed by atoms with E-state index in [1.165, 1.54) is 47.5 Å². The minimum absolute atomic E-state index is 0.0112. The molecule has 3 aromatic heterocycles. The van der Waals surface area contributed by atoms with Gasteiger partial charge in [0.1, 0.15) is 5.82 Å². The third-order valence-corrected chi connectivity index (χ3v) is 4.95. The van der Waals surface area contributed by atoms with Crippen molar-refractivity contribution in [3.8, 4) is 5.75 Å². The van der Waals surface area contributed by atoms with E-state index in [9.17, 15) is 23.9 Å². The molecule has 4 rings (SSSR count). The van der Waals surface area contributed by atoms with Crippen LogP contribution in [0.4, 0.5) is 10.1 Å². The predicted octanol–water partition coefficient (Wildman–Crippen LogP) is 1.83. The van der Waals surface area contributed by atoms with Crippen LogP contribution >= 0.6 is 0 Å². The van der Waals surface area contributed by atoms with Gasteiger partial charge in [0.15, 0.2) is 11.3 Å². The highest BCUT2D eigenvalue weighted by Gasteiger charge is 2.26. The second-order valence-corrected chi connectivity index (χ2v) is 7.19. The Morgan fingerprint density at radius 2 is 1.94 bits per heavy atom. The molecule has 2 N–H and O–H groups in total. The van der Waals surface area contributed by atoms with Gasteiger partial charge in [-0.05, 0) is 36.8 Å². The number of nitrogens with zero attached hydrogens (tertiary/aromatic N) is 5. The fourth-order valence-electron chi connectivity index (χ4n) is 3.30. The quantitative estimate of drug-likeness (QED) is 0.438. The zero-order chi connectivity index (χ0) is 24.4. The van der Waals surface area contributed by atoms with Crippen molar-refractivity contribution in [1.82, 2.24) is 24.9 Å². The van der Waals surface area contributed by atoms with Crippen LogP contribution in [0.3, 0.4) is 0 Å². The SMILES string of the molecule is CCN(C(=O)c1nnc(C)o1)c1cccn2c(=O)c(O)c(C(=O)NCc3ccc(F)cc3)nc12. The third kappa shape index (κ3) is 4.20. The molecule has 0 aliphatic rings. The maximum absolute atomic E-state index is 13.1. The molecule has 0 bridgehead atoms. The van der Waals surface area contributed by atoms with E-state index in [1.54, 1.807) is 13.8 Å². The molecule has 12 heteroatoms. The number of halogens is 1. The zero-order valence-corrected chi connectivity index (χ0v) is 18.1. The Hall–Kier alpha value is -4.61. The van der Waals surface area contributed by atoms with Crippen molar-refractivity contribution < 1.29 is 23.5 Å². The highest BCUT2D eigenvalue weighted by molar-refractivity contribution is 6.05. The summed E-state index contributed by atoms with van der Waals surface area (Å²) in [6.07, 6.45) is 1.35. The van der Waals surface area contributed by atoms with Gasteiger partial charge >= 0.3 is 17.4 Å². The Morgan fingerprint density at radius 3 is 2.59 bits per heavy atom. The molecule has 0 saturated heterocycles. The van der Waals surface area contributed by atoms with Gasteiger partial charge in [-0.2, -0.15) is 0 Å². The molecule has 11 nitrogen and oxygen atoms in total. The normalized spacial score (nSPS) is 10.9. The standard InChI is InChI=1S/C22H19FN6O5/c1-3-28(22(33)20-27-26-12(2)34-20)15-5-4-10-29-18(15)25-16(17(30)21(29)32)19(31)24-11-13-6-8-14(23)9-7-13/h4-10,30H,3,11H2,1-2H3,(H,24,31). The van der Waals surface area contributed by atoms with E-state index in [4.69, 9.17) is 4.42 Å². The maximum Gasteiger partial charge on any atom is 0.315 e. The number of benzene rings is 1. The smallest absolute Gasteiger partial charge is 0.315 e. The lowest BCUT2D eigenvalue weighted by Gasteiger charge is -2.20. The summed E-state index contributed by atoms with van der Waals surface area (Å²) in [6, 6.07) is 8.48. The van der Waals surface area contributed by atoms with Gasteiger partial charge in [0, 0.05) is 26.2 Å². The summed E-state index contributed by atoms with van der Waals surface area (Å²) in [4.78, 5) is 43.9. The molecule has 4 aromatic rings. The summed E-state index contributed by atoms with van der Waals surface area (Å²) in [6.45, 7) is 3.40. The molecule has 34 heavy (non-hydrogen) atoms. The fourth-order valence-corrected chi connectivity index (χ4v) is 3.30. The maximum atomic E-state index is 13.1. The number of aromatic nitrogens is 4. The number of pyridine rings is 1. The summed E-state index contributed by atoms with van der Waals surface area (Å²) >= 11 is 0. The Kier molecular flexibility index (Phi) is 6.04. The van der Waals surface area contributed by atoms with Crippen molar-refractivity contribution in [2.75, 3.05) is 11.4 Å². The molecular formula is C22H19FN6O5. The molecule has 0 spiro atoms. The van der Waals surface area contributed by atoms with Crippen LogP contribution in [0.5, 0.6) is 5.75 Å². The van der Waals surface area contributed by atoms with E-state index in [-0.39, 0.29) is 36.2 Å². The molecule has 0 saturated carbocycles. The Labute approximate surface area is 191 Å². The van der Waals surface area contributed by atoms with E-state index in [1.807, 2.05) is 0 Å². The predicted molar refractivity (Wildman–Crippen MR) is 117 cm³/mol. The Morgan fingerprint density at radius 1 is 1.21 bits per heavy atom. The topological polar surface area (TPSA) is 143 Å². The van der Waals surface area contributed by atoms with Gasteiger partial charge in [0.25, 0.3) is 5.91 Å². The van der Waals surface area contributed by atoms with E-state index >= 15 is 0 Å². The minimum atomic E-state index is -0.893. The summed E-state index contributed by atoms with van der Waals surface area (Å²) in [7, 11) is 0. The molecule has 3 heterocycles. The lowest BCUT2D eigenvalue weighted by atomic mass is 10.2. The lowest BCUT2D eigenvalue weighted by molar-refractivity contribution is 0.0940. The number of carbonyl (C=O) groups is 2. The van der Waals surface area contributed by atoms with Crippen LogP contribution in [0.15, 0.2) is 51.8 Å². The number of nitrogens with one attached hydrogen (secondary N) is 1. The molecular weight excluding hydrogens is 447 g/mol. The van der Waals surface area contributed by atoms with Crippen molar-refractivity contribution in [2.45, 2.75) is 20.4 Å². The molecule has 2 amide bonds. The Balaban J connectivity index is 1.73. The number of amides is 2. The van der Waals surface area contributed by atoms with Gasteiger partial charge in [0.05, 0.1) is 5.69 Å². The molecule has 0 atom stereocenters. The lowest BCUT2D eigenvalue weighted by Crippen LogP contribution is -2.33. The van der Waals surface area contributed by atoms with Crippen LogP contribution in [0, 0.1) is 12.7 Å². The number of fused-ring (bicyclic) bond motifs is 1. The first-order valence-corrected chi connectivity index (χ1v) is 10.2. The van der Waals surface area contributed by atoms with E-state index < -0.39 is 34.6 Å². The van der Waals surface area contributed by atoms with E-state index in [0.717, 1.165) is 4.40 Å². The molecule has 0 aliphatic carbocycles. The number of anilines is 1. The number of rotatable bonds is 6. The third-order valence-electron chi connectivity index (χ3n) is 4.95. The summed E-state index contributed by atoms with van der Waals surface area (Å²) in [5.41, 5.74) is -0.656. The van der Waals surface area contributed by atoms with Crippen molar-refractivity contribution in [2.24, 2.45) is 0 Å². The van der Waals surface area contributed by atoms with Crippen LogP contribution < -0.4 is 15.8 Å². The van der Waals surface area contributed by atoms with Crippen LogP contribution in [0.1, 0.15) is 39.6 Å². The van der Waals surface area contributed by atoms with Crippen LogP contribution in [0.25, 0.3) is 5.65 Å². The fraction of sp³-hybridized carbons (Fsp3) is 0.182. The highest BCUT2D eigenvalue weighted by Crippen LogP contribution is 2.23. The van der Waals surface area contributed by atoms with Crippen LogP contribution in [0.2, 0.25) is 0 Å². The van der Waals surface area contributed by atoms with Gasteiger partial charge in [-0.25, -0.2) is 9.37 Å². The van der Waals surface area contributed by atoms with Crippen molar-refractivity contribution in [1.29, 1.82) is 0 Å². The van der Waals surface area contributed by atoms with Gasteiger partial charge in [-0.3, -0.25) is 18.8 Å². The Bertz CT molecular complexity index is 1450. The van der Waals surface area contributed by atoms with Crippen LogP contribution in [-0.4, -0.2) is 43.0 Å². The van der Waals surface area contributed by atoms with Crippen molar-refractivity contribution >= 4 is 23.1 Å². The molecule has 0 unspecified atom stereocenters. The minimum Gasteiger partial charge on any atom is -0.501 e. The largest absolute Gasteiger partial charge is 0.501 e. The second kappa shape index (κ2) is 9.10. The highest BCUT2D eigenvalue weighted by atomic mass is 19.1. The first kappa shape index (κ1) is 22.6. The summed E-state index contributed by atoms with van der Waals surface area (Å²) in [5.74, 6) is -2.77. The number of carbonyl (C=O) groups excluding carboxylic acids is 2. The summed E-state index contributed by atoms with van der Waals surface area (Å²) in [5, 5.41) is 20.3. The zero-order valence-electron chi connectivity index (χ0n) is 18.1. The van der Waals surface area contributed by atoms with Crippen molar-refractivity contribution in [3.63, 3.8) is 0 Å². The molecule has 0 radical (unpaired) electrons. The van der Waals surface area contributed by atoms with E-state index in [2.05, 4.69) is 20.5 Å². The molecule has 1 aromatic carbocycles. The van der Waals surface area contributed by atoms with Gasteiger partial charge in [-0.15, -0.1) is 10.2 Å². The second-order valence-electron chi connectivity index (χ2n) is 7.19. The molecule has 0 aliphatic heterocycles.